The van der Waals surface area contributed by atoms with E-state index in [-0.39, 0.29) is 5.91 Å². The highest BCUT2D eigenvalue weighted by Gasteiger charge is 1.94. The molecule has 0 aliphatic carbocycles. The Morgan fingerprint density at radius 1 is 1.57 bits per heavy atom. The van der Waals surface area contributed by atoms with E-state index in [1.807, 2.05) is 13.0 Å². The summed E-state index contributed by atoms with van der Waals surface area (Å²) in [5.41, 5.74) is 5.56. The fourth-order valence-corrected chi connectivity index (χ4v) is 0.407. The molecule has 1 amide bonds. The summed E-state index contributed by atoms with van der Waals surface area (Å²) in [6.07, 6.45) is 2.68. The first-order valence-corrected chi connectivity index (χ1v) is 5.10. The van der Waals surface area contributed by atoms with Gasteiger partial charge in [0.2, 0.25) is 5.91 Å². The molecule has 6 nitrogen and oxygen atoms in total. The molecule has 0 saturated carbocycles. The molecule has 0 rings (SSSR count). The fourth-order valence-electron chi connectivity index (χ4n) is 0.407. The van der Waals surface area contributed by atoms with E-state index in [0.29, 0.717) is 5.57 Å². The van der Waals surface area contributed by atoms with Crippen molar-refractivity contribution in [3.8, 4) is 0 Å². The Bertz CT molecular complexity index is 293. The fraction of sp³-hybridized carbons (Fsp3) is 0.571. The zero-order valence-electron chi connectivity index (χ0n) is 8.35. The zero-order valence-corrected chi connectivity index (χ0v) is 9.17. The summed E-state index contributed by atoms with van der Waals surface area (Å²) >= 11 is 0. The molecule has 0 aliphatic rings. The Morgan fingerprint density at radius 2 is 1.93 bits per heavy atom. The van der Waals surface area contributed by atoms with Crippen molar-refractivity contribution in [3.63, 3.8) is 0 Å². The molecule has 0 fully saturated rings. The molecule has 84 valence electrons. The maximum Gasteiger partial charge on any atom is 0.397 e. The lowest BCUT2D eigenvalue weighted by Crippen LogP contribution is -2.11. The summed E-state index contributed by atoms with van der Waals surface area (Å²) in [6, 6.07) is 0. The highest BCUT2D eigenvalue weighted by Crippen LogP contribution is 1.91. The predicted octanol–water partition coefficient (Wildman–Crippen LogP) is 0.264. The number of nitrogens with two attached hydrogens (primary N) is 1. The van der Waals surface area contributed by atoms with E-state index in [1.165, 1.54) is 0 Å². The number of amides is 1. The van der Waals surface area contributed by atoms with Gasteiger partial charge < -0.3 is 5.73 Å². The van der Waals surface area contributed by atoms with Crippen molar-refractivity contribution in [1.82, 2.24) is 0 Å². The van der Waals surface area contributed by atoms with Crippen molar-refractivity contribution in [1.29, 1.82) is 0 Å². The number of primary amides is 1. The third-order valence-corrected chi connectivity index (χ3v) is 1.53. The molecule has 0 atom stereocenters. The van der Waals surface area contributed by atoms with Crippen LogP contribution in [0, 0.1) is 0 Å². The lowest BCUT2D eigenvalue weighted by molar-refractivity contribution is -0.114. The summed E-state index contributed by atoms with van der Waals surface area (Å²) in [7, 11) is -3.29. The Balaban J connectivity index is 0. The van der Waals surface area contributed by atoms with Crippen LogP contribution in [0.25, 0.3) is 0 Å². The van der Waals surface area contributed by atoms with Crippen LogP contribution < -0.4 is 5.73 Å². The van der Waals surface area contributed by atoms with Gasteiger partial charge in [-0.05, 0) is 13.3 Å². The molecular formula is C7H15NO5S. The van der Waals surface area contributed by atoms with Crippen LogP contribution in [0.1, 0.15) is 20.3 Å². The topological polar surface area (TPSA) is 107 Å². The Morgan fingerprint density at radius 3 is 2.00 bits per heavy atom. The minimum absolute atomic E-state index is 0.327. The minimum Gasteiger partial charge on any atom is -0.366 e. The van der Waals surface area contributed by atoms with Crippen LogP contribution in [0.4, 0.5) is 0 Å². The number of hydrogen-bond acceptors (Lipinski definition) is 4. The third kappa shape index (κ3) is 13.7. The molecule has 0 saturated heterocycles. The highest BCUT2D eigenvalue weighted by molar-refractivity contribution is 7.80. The van der Waals surface area contributed by atoms with E-state index < -0.39 is 10.4 Å². The minimum atomic E-state index is -4.16. The van der Waals surface area contributed by atoms with Gasteiger partial charge in [-0.1, -0.05) is 13.0 Å². The Kier molecular flexibility index (Phi) is 8.31. The number of carbonyl (C=O) groups is 1. The van der Waals surface area contributed by atoms with Gasteiger partial charge >= 0.3 is 10.4 Å². The summed E-state index contributed by atoms with van der Waals surface area (Å²) in [4.78, 5) is 10.2. The van der Waals surface area contributed by atoms with Crippen LogP contribution in [0.2, 0.25) is 0 Å². The van der Waals surface area contributed by atoms with Gasteiger partial charge in [0.15, 0.2) is 0 Å². The molecule has 0 unspecified atom stereocenters. The first-order valence-electron chi connectivity index (χ1n) is 3.74. The van der Waals surface area contributed by atoms with Crippen molar-refractivity contribution >= 4 is 16.3 Å². The molecule has 0 aliphatic heterocycles. The van der Waals surface area contributed by atoms with Gasteiger partial charge in [-0.3, -0.25) is 13.5 Å². The highest BCUT2D eigenvalue weighted by atomic mass is 32.3. The molecule has 0 aromatic rings. The van der Waals surface area contributed by atoms with Crippen LogP contribution in [0.15, 0.2) is 11.6 Å². The van der Waals surface area contributed by atoms with Crippen molar-refractivity contribution < 1.29 is 21.9 Å². The van der Waals surface area contributed by atoms with Crippen LogP contribution >= 0.6 is 0 Å². The Labute approximate surface area is 83.7 Å². The second kappa shape index (κ2) is 7.48. The average Bonchev–Trinajstić information content (AvgIpc) is 2.04. The molecule has 7 heteroatoms. The van der Waals surface area contributed by atoms with Crippen molar-refractivity contribution in [2.75, 3.05) is 7.11 Å². The third-order valence-electron chi connectivity index (χ3n) is 1.11. The van der Waals surface area contributed by atoms with Crippen LogP contribution in [0.3, 0.4) is 0 Å². The number of rotatable bonds is 3. The van der Waals surface area contributed by atoms with Gasteiger partial charge in [0.05, 0.1) is 7.11 Å². The van der Waals surface area contributed by atoms with E-state index >= 15 is 0 Å². The number of hydrogen-bond donors (Lipinski definition) is 2. The van der Waals surface area contributed by atoms with Crippen molar-refractivity contribution in [3.05, 3.63) is 11.6 Å². The van der Waals surface area contributed by atoms with Crippen molar-refractivity contribution in [2.24, 2.45) is 5.73 Å². The molecule has 0 aromatic carbocycles. The summed E-state index contributed by atoms with van der Waals surface area (Å²) < 4.78 is 29.7. The molecular weight excluding hydrogens is 210 g/mol. The SMILES string of the molecule is CCC=C(C)C(N)=O.COS(=O)(=O)O. The van der Waals surface area contributed by atoms with E-state index in [0.717, 1.165) is 13.5 Å². The largest absolute Gasteiger partial charge is 0.397 e. The first-order chi connectivity index (χ1) is 6.24. The second-order valence-corrected chi connectivity index (χ2v) is 3.44. The summed E-state index contributed by atoms with van der Waals surface area (Å²) in [5, 5.41) is 0. The maximum atomic E-state index is 10.2. The average molecular weight is 225 g/mol. The van der Waals surface area contributed by atoms with E-state index in [4.69, 9.17) is 10.3 Å². The van der Waals surface area contributed by atoms with Gasteiger partial charge in [0.25, 0.3) is 0 Å². The standard InChI is InChI=1S/C6H11NO.CH4O4S/c1-3-4-5(2)6(7)8;1-5-6(2,3)4/h4H,3H2,1-2H3,(H2,7,8);1H3,(H,2,3,4). The van der Waals surface area contributed by atoms with Gasteiger partial charge in [-0.25, -0.2) is 0 Å². The monoisotopic (exact) mass is 225 g/mol. The van der Waals surface area contributed by atoms with Crippen LogP contribution in [0.5, 0.6) is 0 Å². The molecule has 0 bridgehead atoms. The number of carbonyl (C=O) groups excluding carboxylic acids is 1. The van der Waals surface area contributed by atoms with Crippen molar-refractivity contribution in [2.45, 2.75) is 20.3 Å². The maximum absolute atomic E-state index is 10.2. The predicted molar refractivity (Wildman–Crippen MR) is 51.8 cm³/mol. The van der Waals surface area contributed by atoms with Gasteiger partial charge in [-0.2, -0.15) is 8.42 Å². The van der Waals surface area contributed by atoms with Gasteiger partial charge in [0, 0.05) is 5.57 Å². The summed E-state index contributed by atoms with van der Waals surface area (Å²) in [5.74, 6) is -0.327. The van der Waals surface area contributed by atoms with Crippen LogP contribution in [-0.2, 0) is 19.4 Å². The molecule has 0 spiro atoms. The molecule has 3 N–H and O–H groups in total. The smallest absolute Gasteiger partial charge is 0.366 e. The van der Waals surface area contributed by atoms with Gasteiger partial charge in [-0.15, -0.1) is 0 Å². The molecule has 0 heterocycles. The zero-order chi connectivity index (χ0) is 11.8. The molecule has 14 heavy (non-hydrogen) atoms. The van der Waals surface area contributed by atoms with Crippen LogP contribution in [-0.4, -0.2) is 26.0 Å². The number of allylic oxidation sites excluding steroid dienone is 1. The quantitative estimate of drug-likeness (QED) is 0.529. The molecule has 0 aromatic heterocycles. The lowest BCUT2D eigenvalue weighted by Gasteiger charge is -1.88. The van der Waals surface area contributed by atoms with E-state index in [9.17, 15) is 13.2 Å². The summed E-state index contributed by atoms with van der Waals surface area (Å²) in [6.45, 7) is 3.68. The lowest BCUT2D eigenvalue weighted by atomic mass is 10.2. The van der Waals surface area contributed by atoms with E-state index in [1.54, 1.807) is 6.92 Å². The molecule has 0 radical (unpaired) electrons. The first kappa shape index (κ1) is 15.5. The second-order valence-electron chi connectivity index (χ2n) is 2.25. The Hall–Kier alpha value is -0.920. The van der Waals surface area contributed by atoms with Gasteiger partial charge in [0.1, 0.15) is 0 Å². The normalized spacial score (nSPS) is 11.6. The van der Waals surface area contributed by atoms with E-state index in [2.05, 4.69) is 4.18 Å².